The highest BCUT2D eigenvalue weighted by Crippen LogP contribution is 2.20. The Morgan fingerprint density at radius 3 is 3.09 bits per heavy atom. The first-order chi connectivity index (χ1) is 5.47. The molecular weight excluding hydrogens is 140 g/mol. The van der Waals surface area contributed by atoms with Crippen LogP contribution in [0.3, 0.4) is 0 Å². The van der Waals surface area contributed by atoms with Crippen molar-refractivity contribution in [3.05, 3.63) is 12.2 Å². The van der Waals surface area contributed by atoms with Crippen LogP contribution >= 0.6 is 0 Å². The zero-order valence-corrected chi connectivity index (χ0v) is 6.66. The van der Waals surface area contributed by atoms with Crippen molar-refractivity contribution < 1.29 is 9.47 Å². The number of allylic oxidation sites excluding steroid dienone is 1. The third-order valence-electron chi connectivity index (χ3n) is 2.28. The fourth-order valence-electron chi connectivity index (χ4n) is 1.68. The lowest BCUT2D eigenvalue weighted by atomic mass is 10.1. The summed E-state index contributed by atoms with van der Waals surface area (Å²) in [4.78, 5) is 0. The predicted octanol–water partition coefficient (Wildman–Crippen LogP) is 1.51. The standard InChI is InChI=1S/C9H14O2/c1-2-4-8-9(5-3-1)11-7-6-10-8/h2,4,8-9H,1,3,5-7H2/t8-,9-/m1/s1. The van der Waals surface area contributed by atoms with Gasteiger partial charge in [0.1, 0.15) is 6.10 Å². The average Bonchev–Trinajstić information content (AvgIpc) is 2.28. The molecule has 1 aliphatic carbocycles. The van der Waals surface area contributed by atoms with Crippen LogP contribution in [0.25, 0.3) is 0 Å². The maximum Gasteiger partial charge on any atom is 0.102 e. The van der Waals surface area contributed by atoms with Gasteiger partial charge in [-0.1, -0.05) is 12.2 Å². The smallest absolute Gasteiger partial charge is 0.102 e. The summed E-state index contributed by atoms with van der Waals surface area (Å²) >= 11 is 0. The number of hydrogen-bond acceptors (Lipinski definition) is 2. The molecule has 1 saturated heterocycles. The Morgan fingerprint density at radius 2 is 2.09 bits per heavy atom. The number of fused-ring (bicyclic) bond motifs is 1. The summed E-state index contributed by atoms with van der Waals surface area (Å²) in [7, 11) is 0. The molecule has 0 aromatic heterocycles. The van der Waals surface area contributed by atoms with Gasteiger partial charge in [0.2, 0.25) is 0 Å². The predicted molar refractivity (Wildman–Crippen MR) is 42.5 cm³/mol. The van der Waals surface area contributed by atoms with E-state index in [1.165, 1.54) is 12.8 Å². The molecule has 2 heteroatoms. The highest BCUT2D eigenvalue weighted by Gasteiger charge is 2.25. The molecule has 0 bridgehead atoms. The molecule has 2 atom stereocenters. The molecule has 0 saturated carbocycles. The molecule has 0 unspecified atom stereocenters. The first-order valence-corrected chi connectivity index (χ1v) is 4.37. The third kappa shape index (κ3) is 1.63. The van der Waals surface area contributed by atoms with Crippen LogP contribution in [-0.4, -0.2) is 25.4 Å². The summed E-state index contributed by atoms with van der Waals surface area (Å²) in [6.45, 7) is 1.53. The summed E-state index contributed by atoms with van der Waals surface area (Å²) < 4.78 is 11.1. The molecule has 0 amide bonds. The SMILES string of the molecule is C1=C[C@H]2OCCO[C@@H]2CCC1. The quantitative estimate of drug-likeness (QED) is 0.492. The summed E-state index contributed by atoms with van der Waals surface area (Å²) in [6, 6.07) is 0. The molecular formula is C9H14O2. The second-order valence-electron chi connectivity index (χ2n) is 3.10. The van der Waals surface area contributed by atoms with Gasteiger partial charge in [0.05, 0.1) is 19.3 Å². The highest BCUT2D eigenvalue weighted by atomic mass is 16.6. The summed E-state index contributed by atoms with van der Waals surface area (Å²) in [5, 5.41) is 0. The first kappa shape index (κ1) is 7.32. The fourth-order valence-corrected chi connectivity index (χ4v) is 1.68. The Morgan fingerprint density at radius 1 is 1.18 bits per heavy atom. The van der Waals surface area contributed by atoms with E-state index in [0.717, 1.165) is 19.6 Å². The summed E-state index contributed by atoms with van der Waals surface area (Å²) in [5.74, 6) is 0. The van der Waals surface area contributed by atoms with Crippen molar-refractivity contribution in [1.82, 2.24) is 0 Å². The van der Waals surface area contributed by atoms with Crippen LogP contribution in [0.1, 0.15) is 19.3 Å². The monoisotopic (exact) mass is 154 g/mol. The zero-order valence-electron chi connectivity index (χ0n) is 6.66. The lowest BCUT2D eigenvalue weighted by Crippen LogP contribution is -2.36. The average molecular weight is 154 g/mol. The van der Waals surface area contributed by atoms with Gasteiger partial charge in [0.25, 0.3) is 0 Å². The van der Waals surface area contributed by atoms with Crippen LogP contribution in [0.15, 0.2) is 12.2 Å². The largest absolute Gasteiger partial charge is 0.373 e. The van der Waals surface area contributed by atoms with Crippen LogP contribution in [0.5, 0.6) is 0 Å². The molecule has 0 radical (unpaired) electrons. The van der Waals surface area contributed by atoms with Gasteiger partial charge in [-0.05, 0) is 19.3 Å². The van der Waals surface area contributed by atoms with E-state index in [1.807, 2.05) is 0 Å². The molecule has 0 aromatic rings. The summed E-state index contributed by atoms with van der Waals surface area (Å²) in [6.07, 6.45) is 8.50. The van der Waals surface area contributed by atoms with Gasteiger partial charge in [0.15, 0.2) is 0 Å². The minimum Gasteiger partial charge on any atom is -0.373 e. The van der Waals surface area contributed by atoms with Crippen molar-refractivity contribution >= 4 is 0 Å². The Labute approximate surface area is 67.2 Å². The second kappa shape index (κ2) is 3.37. The summed E-state index contributed by atoms with van der Waals surface area (Å²) in [5.41, 5.74) is 0. The first-order valence-electron chi connectivity index (χ1n) is 4.37. The van der Waals surface area contributed by atoms with Gasteiger partial charge in [-0.3, -0.25) is 0 Å². The van der Waals surface area contributed by atoms with Gasteiger partial charge < -0.3 is 9.47 Å². The minimum absolute atomic E-state index is 0.242. The molecule has 1 fully saturated rings. The molecule has 0 N–H and O–H groups in total. The maximum atomic E-state index is 5.59. The normalized spacial score (nSPS) is 37.8. The molecule has 0 spiro atoms. The van der Waals surface area contributed by atoms with E-state index in [-0.39, 0.29) is 6.10 Å². The van der Waals surface area contributed by atoms with E-state index >= 15 is 0 Å². The van der Waals surface area contributed by atoms with Crippen molar-refractivity contribution in [2.45, 2.75) is 31.5 Å². The van der Waals surface area contributed by atoms with E-state index in [1.54, 1.807) is 0 Å². The molecule has 2 nitrogen and oxygen atoms in total. The Bertz CT molecular complexity index is 154. The molecule has 11 heavy (non-hydrogen) atoms. The lowest BCUT2D eigenvalue weighted by Gasteiger charge is -2.28. The van der Waals surface area contributed by atoms with Crippen molar-refractivity contribution in [1.29, 1.82) is 0 Å². The van der Waals surface area contributed by atoms with Crippen LogP contribution in [0, 0.1) is 0 Å². The molecule has 0 aromatic carbocycles. The van der Waals surface area contributed by atoms with Crippen LogP contribution in [0.4, 0.5) is 0 Å². The number of rotatable bonds is 0. The highest BCUT2D eigenvalue weighted by molar-refractivity contribution is 4.97. The van der Waals surface area contributed by atoms with E-state index in [4.69, 9.17) is 9.47 Å². The van der Waals surface area contributed by atoms with Crippen LogP contribution < -0.4 is 0 Å². The molecule has 1 heterocycles. The van der Waals surface area contributed by atoms with Crippen molar-refractivity contribution in [3.63, 3.8) is 0 Å². The van der Waals surface area contributed by atoms with E-state index in [0.29, 0.717) is 6.10 Å². The maximum absolute atomic E-state index is 5.59. The van der Waals surface area contributed by atoms with Gasteiger partial charge in [-0.25, -0.2) is 0 Å². The van der Waals surface area contributed by atoms with E-state index in [9.17, 15) is 0 Å². The third-order valence-corrected chi connectivity index (χ3v) is 2.28. The Balaban J connectivity index is 2.02. The van der Waals surface area contributed by atoms with Crippen LogP contribution in [-0.2, 0) is 9.47 Å². The topological polar surface area (TPSA) is 18.5 Å². The second-order valence-corrected chi connectivity index (χ2v) is 3.10. The Hall–Kier alpha value is -0.340. The van der Waals surface area contributed by atoms with Gasteiger partial charge in [0, 0.05) is 0 Å². The molecule has 2 aliphatic rings. The minimum atomic E-state index is 0.242. The zero-order chi connectivity index (χ0) is 7.52. The molecule has 62 valence electrons. The molecule has 2 rings (SSSR count). The van der Waals surface area contributed by atoms with Crippen molar-refractivity contribution in [2.24, 2.45) is 0 Å². The lowest BCUT2D eigenvalue weighted by molar-refractivity contribution is -0.122. The van der Waals surface area contributed by atoms with Crippen molar-refractivity contribution in [2.75, 3.05) is 13.2 Å². The van der Waals surface area contributed by atoms with Crippen LogP contribution in [0.2, 0.25) is 0 Å². The van der Waals surface area contributed by atoms with Crippen molar-refractivity contribution in [3.8, 4) is 0 Å². The molecule has 1 aliphatic heterocycles. The van der Waals surface area contributed by atoms with Gasteiger partial charge >= 0.3 is 0 Å². The van der Waals surface area contributed by atoms with E-state index < -0.39 is 0 Å². The van der Waals surface area contributed by atoms with Gasteiger partial charge in [-0.2, -0.15) is 0 Å². The Kier molecular flexibility index (Phi) is 2.24. The van der Waals surface area contributed by atoms with Gasteiger partial charge in [-0.15, -0.1) is 0 Å². The van der Waals surface area contributed by atoms with E-state index in [2.05, 4.69) is 12.2 Å². The number of ether oxygens (including phenoxy) is 2. The fraction of sp³-hybridized carbons (Fsp3) is 0.778. The number of hydrogen-bond donors (Lipinski definition) is 0.